The molecule has 0 aliphatic rings. The number of carbonyl (C=O) groups excluding carboxylic acids is 3. The van der Waals surface area contributed by atoms with E-state index in [0.717, 1.165) is 77.0 Å². The zero-order valence-electron chi connectivity index (χ0n) is 34.6. The molecule has 0 saturated carbocycles. The summed E-state index contributed by atoms with van der Waals surface area (Å²) in [6, 6.07) is 0. The van der Waals surface area contributed by atoms with Gasteiger partial charge in [-0.3, -0.25) is 14.4 Å². The summed E-state index contributed by atoms with van der Waals surface area (Å²) in [5, 5.41) is 0. The lowest BCUT2D eigenvalue weighted by Gasteiger charge is -2.18. The smallest absolute Gasteiger partial charge is 0.306 e. The third kappa shape index (κ3) is 39.1. The monoisotopic (exact) mass is 733 g/mol. The van der Waals surface area contributed by atoms with Gasteiger partial charge in [0.25, 0.3) is 0 Å². The van der Waals surface area contributed by atoms with E-state index < -0.39 is 6.10 Å². The lowest BCUT2D eigenvalue weighted by Crippen LogP contribution is -2.30. The second-order valence-electron chi connectivity index (χ2n) is 15.0. The second-order valence-corrected chi connectivity index (χ2v) is 15.0. The Kier molecular flexibility index (Phi) is 40.0. The standard InChI is InChI=1S/C46H84O6/c1-4-7-10-13-15-17-19-21-23-25-26-28-30-33-36-39-45(48)51-42-43(41-50-44(47)38-35-32-12-9-6-3)52-46(49)40-37-34-31-29-27-24-22-20-18-16-14-11-8-5-2/h20-23,43H,4-19,24-42H2,1-3H3/b22-20-,23-21-. The second kappa shape index (κ2) is 41.6. The molecule has 0 aliphatic carbocycles. The molecule has 0 fully saturated rings. The van der Waals surface area contributed by atoms with Gasteiger partial charge < -0.3 is 14.2 Å². The highest BCUT2D eigenvalue weighted by Crippen LogP contribution is 2.13. The van der Waals surface area contributed by atoms with Crippen molar-refractivity contribution in [1.29, 1.82) is 0 Å². The van der Waals surface area contributed by atoms with Crippen LogP contribution in [0.3, 0.4) is 0 Å². The molecule has 0 aromatic rings. The van der Waals surface area contributed by atoms with Gasteiger partial charge >= 0.3 is 17.9 Å². The summed E-state index contributed by atoms with van der Waals surface area (Å²) in [6.07, 6.45) is 44.7. The molecule has 0 saturated heterocycles. The number of carbonyl (C=O) groups is 3. The molecule has 6 nitrogen and oxygen atoms in total. The first-order chi connectivity index (χ1) is 25.5. The molecule has 0 aromatic heterocycles. The maximum absolute atomic E-state index is 12.6. The number of allylic oxidation sites excluding steroid dienone is 4. The van der Waals surface area contributed by atoms with Gasteiger partial charge in [0.2, 0.25) is 0 Å². The van der Waals surface area contributed by atoms with E-state index in [-0.39, 0.29) is 31.1 Å². The van der Waals surface area contributed by atoms with Crippen LogP contribution >= 0.6 is 0 Å². The Labute approximate surface area is 322 Å². The Bertz CT molecular complexity index is 850. The quantitative estimate of drug-likeness (QED) is 0.0270. The minimum Gasteiger partial charge on any atom is -0.462 e. The number of hydrogen-bond donors (Lipinski definition) is 0. The molecule has 0 bridgehead atoms. The lowest BCUT2D eigenvalue weighted by molar-refractivity contribution is -0.167. The molecular weight excluding hydrogens is 648 g/mol. The molecule has 0 aliphatic heterocycles. The zero-order chi connectivity index (χ0) is 38.0. The molecule has 0 amide bonds. The van der Waals surface area contributed by atoms with Gasteiger partial charge in [0.05, 0.1) is 0 Å². The van der Waals surface area contributed by atoms with Crippen LogP contribution in [0.4, 0.5) is 0 Å². The SMILES string of the molecule is CCCCCCC/C=C\CCCCCCCC(=O)OC(COC(=O)CCCCCCC)COC(=O)CCCCCCC/C=C\CCCCCCCC. The molecule has 0 N–H and O–H groups in total. The summed E-state index contributed by atoms with van der Waals surface area (Å²) in [4.78, 5) is 37.4. The summed E-state index contributed by atoms with van der Waals surface area (Å²) < 4.78 is 16.6. The van der Waals surface area contributed by atoms with E-state index in [1.165, 1.54) is 116 Å². The fourth-order valence-corrected chi connectivity index (χ4v) is 6.25. The van der Waals surface area contributed by atoms with Gasteiger partial charge in [0.15, 0.2) is 6.10 Å². The van der Waals surface area contributed by atoms with Crippen molar-refractivity contribution in [2.24, 2.45) is 0 Å². The predicted octanol–water partition coefficient (Wildman–Crippen LogP) is 14.0. The van der Waals surface area contributed by atoms with Gasteiger partial charge in [-0.2, -0.15) is 0 Å². The highest BCUT2D eigenvalue weighted by atomic mass is 16.6. The van der Waals surface area contributed by atoms with Crippen molar-refractivity contribution in [1.82, 2.24) is 0 Å². The largest absolute Gasteiger partial charge is 0.462 e. The topological polar surface area (TPSA) is 78.9 Å². The van der Waals surface area contributed by atoms with Crippen molar-refractivity contribution in [3.05, 3.63) is 24.3 Å². The van der Waals surface area contributed by atoms with E-state index >= 15 is 0 Å². The Balaban J connectivity index is 4.25. The Morgan fingerprint density at radius 1 is 0.365 bits per heavy atom. The van der Waals surface area contributed by atoms with Crippen LogP contribution in [0.25, 0.3) is 0 Å². The molecule has 304 valence electrons. The molecule has 6 heteroatoms. The van der Waals surface area contributed by atoms with Crippen LogP contribution in [0.1, 0.15) is 233 Å². The van der Waals surface area contributed by atoms with E-state index in [1.807, 2.05) is 0 Å². The summed E-state index contributed by atoms with van der Waals surface area (Å²) >= 11 is 0. The van der Waals surface area contributed by atoms with Crippen LogP contribution in [-0.2, 0) is 28.6 Å². The summed E-state index contributed by atoms with van der Waals surface area (Å²) in [5.74, 6) is -0.905. The Morgan fingerprint density at radius 3 is 0.962 bits per heavy atom. The van der Waals surface area contributed by atoms with E-state index in [1.54, 1.807) is 0 Å². The van der Waals surface area contributed by atoms with Gasteiger partial charge in [-0.1, -0.05) is 167 Å². The Morgan fingerprint density at radius 2 is 0.635 bits per heavy atom. The van der Waals surface area contributed by atoms with Crippen LogP contribution in [0, 0.1) is 0 Å². The van der Waals surface area contributed by atoms with Crippen LogP contribution in [0.5, 0.6) is 0 Å². The minimum atomic E-state index is -0.770. The Hall–Kier alpha value is -2.11. The van der Waals surface area contributed by atoms with Gasteiger partial charge in [-0.25, -0.2) is 0 Å². The average molecular weight is 733 g/mol. The highest BCUT2D eigenvalue weighted by Gasteiger charge is 2.19. The lowest BCUT2D eigenvalue weighted by atomic mass is 10.1. The molecular formula is C46H84O6. The van der Waals surface area contributed by atoms with Crippen molar-refractivity contribution in [3.63, 3.8) is 0 Å². The van der Waals surface area contributed by atoms with Crippen LogP contribution < -0.4 is 0 Å². The normalized spacial score (nSPS) is 12.1. The fraction of sp³-hybridized carbons (Fsp3) is 0.848. The third-order valence-corrected chi connectivity index (χ3v) is 9.68. The molecule has 1 atom stereocenters. The number of ether oxygens (including phenoxy) is 3. The van der Waals surface area contributed by atoms with Crippen molar-refractivity contribution < 1.29 is 28.6 Å². The summed E-state index contributed by atoms with van der Waals surface area (Å²) in [5.41, 5.74) is 0. The highest BCUT2D eigenvalue weighted by molar-refractivity contribution is 5.71. The molecule has 1 unspecified atom stereocenters. The molecule has 0 rings (SSSR count). The summed E-state index contributed by atoms with van der Waals surface area (Å²) in [6.45, 7) is 6.52. The van der Waals surface area contributed by atoms with E-state index in [4.69, 9.17) is 14.2 Å². The number of rotatable bonds is 40. The maximum Gasteiger partial charge on any atom is 0.306 e. The predicted molar refractivity (Wildman–Crippen MR) is 219 cm³/mol. The first-order valence-corrected chi connectivity index (χ1v) is 22.3. The molecule has 0 radical (unpaired) electrons. The third-order valence-electron chi connectivity index (χ3n) is 9.68. The first-order valence-electron chi connectivity index (χ1n) is 22.3. The molecule has 0 spiro atoms. The average Bonchev–Trinajstić information content (AvgIpc) is 3.14. The number of unbranched alkanes of at least 4 members (excludes halogenated alkanes) is 25. The van der Waals surface area contributed by atoms with E-state index in [0.29, 0.717) is 19.3 Å². The van der Waals surface area contributed by atoms with Gasteiger partial charge in [-0.15, -0.1) is 0 Å². The molecule has 0 aromatic carbocycles. The fourth-order valence-electron chi connectivity index (χ4n) is 6.25. The van der Waals surface area contributed by atoms with Crippen molar-refractivity contribution in [3.8, 4) is 0 Å². The molecule has 0 heterocycles. The van der Waals surface area contributed by atoms with Crippen molar-refractivity contribution in [2.75, 3.05) is 13.2 Å². The van der Waals surface area contributed by atoms with E-state index in [9.17, 15) is 14.4 Å². The van der Waals surface area contributed by atoms with Crippen LogP contribution in [-0.4, -0.2) is 37.2 Å². The van der Waals surface area contributed by atoms with Gasteiger partial charge in [-0.05, 0) is 70.6 Å². The van der Waals surface area contributed by atoms with Gasteiger partial charge in [0, 0.05) is 19.3 Å². The maximum atomic E-state index is 12.6. The van der Waals surface area contributed by atoms with Crippen molar-refractivity contribution in [2.45, 2.75) is 239 Å². The van der Waals surface area contributed by atoms with Crippen LogP contribution in [0.2, 0.25) is 0 Å². The van der Waals surface area contributed by atoms with Crippen molar-refractivity contribution >= 4 is 17.9 Å². The summed E-state index contributed by atoms with van der Waals surface area (Å²) in [7, 11) is 0. The van der Waals surface area contributed by atoms with E-state index in [2.05, 4.69) is 45.1 Å². The minimum absolute atomic E-state index is 0.0769. The number of esters is 3. The number of hydrogen-bond acceptors (Lipinski definition) is 6. The van der Waals surface area contributed by atoms with Crippen LogP contribution in [0.15, 0.2) is 24.3 Å². The molecule has 52 heavy (non-hydrogen) atoms. The first kappa shape index (κ1) is 49.9. The van der Waals surface area contributed by atoms with Gasteiger partial charge in [0.1, 0.15) is 13.2 Å². The zero-order valence-corrected chi connectivity index (χ0v) is 34.6.